The van der Waals surface area contributed by atoms with Crippen LogP contribution in [-0.4, -0.2) is 25.5 Å². The molecule has 0 aliphatic rings. The predicted molar refractivity (Wildman–Crippen MR) is 48.4 cm³/mol. The van der Waals surface area contributed by atoms with Crippen LogP contribution >= 0.6 is 0 Å². The molecule has 0 aromatic heterocycles. The number of carbonyl (C=O) groups excluding carboxylic acids is 1. The highest BCUT2D eigenvalue weighted by molar-refractivity contribution is 5.75. The molecule has 0 spiro atoms. The van der Waals surface area contributed by atoms with Crippen LogP contribution in [0.3, 0.4) is 0 Å². The fraction of sp³-hybridized carbons (Fsp3) is 0.833. The van der Waals surface area contributed by atoms with Gasteiger partial charge in [-0.25, -0.2) is 0 Å². The zero-order valence-corrected chi connectivity index (χ0v) is 7.36. The molecule has 0 aromatic rings. The zero-order chi connectivity index (χ0) is 9.94. The molecule has 0 unspecified atom stereocenters. The standard InChI is InChI=1S/C6H14N6O/c7-10-3-1-2-6(13)9-4-5-11-12-8/h10H,1-5,7H2,(H,9,13). The van der Waals surface area contributed by atoms with Gasteiger partial charge in [-0.2, -0.15) is 0 Å². The molecule has 7 nitrogen and oxygen atoms in total. The summed E-state index contributed by atoms with van der Waals surface area (Å²) in [5.41, 5.74) is 10.4. The summed E-state index contributed by atoms with van der Waals surface area (Å²) in [5.74, 6) is 4.97. The van der Waals surface area contributed by atoms with Crippen molar-refractivity contribution in [2.45, 2.75) is 12.8 Å². The Hall–Kier alpha value is -1.30. The van der Waals surface area contributed by atoms with Crippen molar-refractivity contribution in [2.75, 3.05) is 19.6 Å². The van der Waals surface area contributed by atoms with Crippen LogP contribution < -0.4 is 16.6 Å². The van der Waals surface area contributed by atoms with Crippen molar-refractivity contribution in [1.82, 2.24) is 10.7 Å². The fourth-order valence-corrected chi connectivity index (χ4v) is 0.729. The molecule has 74 valence electrons. The monoisotopic (exact) mass is 186 g/mol. The average molecular weight is 186 g/mol. The maximum atomic E-state index is 11.0. The average Bonchev–Trinajstić information content (AvgIpc) is 2.13. The van der Waals surface area contributed by atoms with E-state index >= 15 is 0 Å². The van der Waals surface area contributed by atoms with E-state index in [1.165, 1.54) is 0 Å². The van der Waals surface area contributed by atoms with Crippen molar-refractivity contribution in [2.24, 2.45) is 11.0 Å². The van der Waals surface area contributed by atoms with E-state index in [-0.39, 0.29) is 12.5 Å². The lowest BCUT2D eigenvalue weighted by atomic mass is 10.3. The Bertz CT molecular complexity index is 188. The van der Waals surface area contributed by atoms with Gasteiger partial charge in [-0.3, -0.25) is 16.1 Å². The molecule has 7 heteroatoms. The summed E-state index contributed by atoms with van der Waals surface area (Å²) in [7, 11) is 0. The third-order valence-electron chi connectivity index (χ3n) is 1.32. The molecule has 0 rings (SSSR count). The van der Waals surface area contributed by atoms with Gasteiger partial charge in [0.1, 0.15) is 0 Å². The van der Waals surface area contributed by atoms with Gasteiger partial charge in [-0.05, 0) is 12.0 Å². The van der Waals surface area contributed by atoms with E-state index in [1.807, 2.05) is 0 Å². The Balaban J connectivity index is 3.24. The molecule has 0 aliphatic heterocycles. The van der Waals surface area contributed by atoms with Gasteiger partial charge >= 0.3 is 0 Å². The van der Waals surface area contributed by atoms with Crippen molar-refractivity contribution in [3.63, 3.8) is 0 Å². The Morgan fingerprint density at radius 3 is 2.92 bits per heavy atom. The fourth-order valence-electron chi connectivity index (χ4n) is 0.729. The molecule has 0 bridgehead atoms. The summed E-state index contributed by atoms with van der Waals surface area (Å²) in [5, 5.41) is 5.88. The molecule has 4 N–H and O–H groups in total. The quantitative estimate of drug-likeness (QED) is 0.126. The Morgan fingerprint density at radius 1 is 1.54 bits per heavy atom. The number of hydrogen-bond acceptors (Lipinski definition) is 4. The first-order chi connectivity index (χ1) is 6.31. The summed E-state index contributed by atoms with van der Waals surface area (Å²) < 4.78 is 0. The Morgan fingerprint density at radius 2 is 2.31 bits per heavy atom. The largest absolute Gasteiger partial charge is 0.356 e. The second kappa shape index (κ2) is 8.79. The number of nitrogens with two attached hydrogens (primary N) is 1. The Kier molecular flexibility index (Phi) is 7.91. The van der Waals surface area contributed by atoms with Crippen LogP contribution in [0.5, 0.6) is 0 Å². The van der Waals surface area contributed by atoms with Crippen molar-refractivity contribution in [3.05, 3.63) is 10.4 Å². The summed E-state index contributed by atoms with van der Waals surface area (Å²) in [4.78, 5) is 13.5. The van der Waals surface area contributed by atoms with Gasteiger partial charge in [0.25, 0.3) is 0 Å². The van der Waals surface area contributed by atoms with Crippen LogP contribution in [0.1, 0.15) is 12.8 Å². The second-order valence-corrected chi connectivity index (χ2v) is 2.36. The first-order valence-electron chi connectivity index (χ1n) is 4.02. The molecule has 13 heavy (non-hydrogen) atoms. The van der Waals surface area contributed by atoms with E-state index in [0.29, 0.717) is 25.9 Å². The van der Waals surface area contributed by atoms with Gasteiger partial charge in [0.05, 0.1) is 0 Å². The lowest BCUT2D eigenvalue weighted by Crippen LogP contribution is -2.28. The molecule has 0 radical (unpaired) electrons. The molecular weight excluding hydrogens is 172 g/mol. The van der Waals surface area contributed by atoms with E-state index in [2.05, 4.69) is 20.8 Å². The van der Waals surface area contributed by atoms with Crippen LogP contribution in [0.2, 0.25) is 0 Å². The molecule has 0 aliphatic carbocycles. The number of hydrazine groups is 1. The van der Waals surface area contributed by atoms with E-state index < -0.39 is 0 Å². The van der Waals surface area contributed by atoms with Gasteiger partial charge in [0.2, 0.25) is 5.91 Å². The smallest absolute Gasteiger partial charge is 0.220 e. The number of rotatable bonds is 7. The lowest BCUT2D eigenvalue weighted by molar-refractivity contribution is -0.121. The van der Waals surface area contributed by atoms with Crippen LogP contribution in [0.25, 0.3) is 10.4 Å². The Labute approximate surface area is 76.3 Å². The minimum atomic E-state index is -0.0524. The highest BCUT2D eigenvalue weighted by Gasteiger charge is 1.98. The zero-order valence-electron chi connectivity index (χ0n) is 7.36. The summed E-state index contributed by atoms with van der Waals surface area (Å²) >= 11 is 0. The van der Waals surface area contributed by atoms with Crippen molar-refractivity contribution < 1.29 is 4.79 Å². The highest BCUT2D eigenvalue weighted by Crippen LogP contribution is 1.85. The number of nitrogens with zero attached hydrogens (tertiary/aromatic N) is 3. The van der Waals surface area contributed by atoms with Gasteiger partial charge in [0.15, 0.2) is 0 Å². The maximum Gasteiger partial charge on any atom is 0.220 e. The molecule has 0 aromatic carbocycles. The third kappa shape index (κ3) is 8.61. The van der Waals surface area contributed by atoms with Gasteiger partial charge in [0, 0.05) is 31.0 Å². The normalized spacial score (nSPS) is 9.00. The summed E-state index contributed by atoms with van der Waals surface area (Å²) in [6, 6.07) is 0. The minimum Gasteiger partial charge on any atom is -0.356 e. The molecule has 1 amide bonds. The van der Waals surface area contributed by atoms with E-state index in [1.54, 1.807) is 0 Å². The number of carbonyl (C=O) groups is 1. The van der Waals surface area contributed by atoms with Gasteiger partial charge in [-0.15, -0.1) is 0 Å². The van der Waals surface area contributed by atoms with Gasteiger partial charge in [-0.1, -0.05) is 5.11 Å². The van der Waals surface area contributed by atoms with E-state index in [4.69, 9.17) is 11.4 Å². The van der Waals surface area contributed by atoms with E-state index in [9.17, 15) is 4.79 Å². The van der Waals surface area contributed by atoms with Crippen LogP contribution in [0.4, 0.5) is 0 Å². The van der Waals surface area contributed by atoms with Crippen LogP contribution in [0, 0.1) is 0 Å². The third-order valence-corrected chi connectivity index (χ3v) is 1.32. The molecule has 0 saturated heterocycles. The van der Waals surface area contributed by atoms with Crippen molar-refractivity contribution >= 4 is 5.91 Å². The predicted octanol–water partition coefficient (Wildman–Crippen LogP) is -0.344. The van der Waals surface area contributed by atoms with Gasteiger partial charge < -0.3 is 5.32 Å². The van der Waals surface area contributed by atoms with Crippen LogP contribution in [0.15, 0.2) is 5.11 Å². The maximum absolute atomic E-state index is 11.0. The van der Waals surface area contributed by atoms with Crippen molar-refractivity contribution in [3.8, 4) is 0 Å². The topological polar surface area (TPSA) is 116 Å². The molecule has 0 saturated carbocycles. The van der Waals surface area contributed by atoms with Crippen molar-refractivity contribution in [1.29, 1.82) is 0 Å². The highest BCUT2D eigenvalue weighted by atomic mass is 16.1. The second-order valence-electron chi connectivity index (χ2n) is 2.36. The number of azide groups is 1. The molecule has 0 heterocycles. The number of amides is 1. The molecule has 0 atom stereocenters. The first-order valence-corrected chi connectivity index (χ1v) is 4.02. The first kappa shape index (κ1) is 11.7. The van der Waals surface area contributed by atoms with E-state index in [0.717, 1.165) is 0 Å². The number of nitrogens with one attached hydrogen (secondary N) is 2. The lowest BCUT2D eigenvalue weighted by Gasteiger charge is -2.01. The van der Waals surface area contributed by atoms with Crippen LogP contribution in [-0.2, 0) is 4.79 Å². The molecule has 0 fully saturated rings. The SMILES string of the molecule is [N-]=[N+]=NCCNC(=O)CCCNN. The minimum absolute atomic E-state index is 0.0524. The number of hydrogen-bond donors (Lipinski definition) is 3. The summed E-state index contributed by atoms with van der Waals surface area (Å²) in [6.45, 7) is 1.29. The molecular formula is C6H14N6O. The summed E-state index contributed by atoms with van der Waals surface area (Å²) in [6.07, 6.45) is 1.13.